The van der Waals surface area contributed by atoms with E-state index in [1.807, 2.05) is 38.1 Å². The van der Waals surface area contributed by atoms with E-state index in [2.05, 4.69) is 15.9 Å². The largest absolute Gasteiger partial charge is 0.491 e. The molecule has 4 heteroatoms. The van der Waals surface area contributed by atoms with Gasteiger partial charge in [-0.1, -0.05) is 28.1 Å². The Kier molecular flexibility index (Phi) is 4.78. The van der Waals surface area contributed by atoms with Crippen LogP contribution >= 0.6 is 15.9 Å². The zero-order chi connectivity index (χ0) is 14.7. The van der Waals surface area contributed by atoms with Gasteiger partial charge in [-0.25, -0.2) is 4.39 Å². The molecular weight excluding hydrogens is 321 g/mol. The lowest BCUT2D eigenvalue weighted by atomic mass is 9.99. The molecule has 2 aromatic carbocycles. The lowest BCUT2D eigenvalue weighted by molar-refractivity contribution is 0.242. The van der Waals surface area contributed by atoms with Crippen molar-refractivity contribution in [1.82, 2.24) is 0 Å². The second kappa shape index (κ2) is 6.37. The molecule has 106 valence electrons. The number of rotatable bonds is 4. The van der Waals surface area contributed by atoms with Crippen LogP contribution in [0.3, 0.4) is 0 Å². The molecule has 0 fully saturated rings. The van der Waals surface area contributed by atoms with Gasteiger partial charge in [0.15, 0.2) is 0 Å². The molecule has 0 spiro atoms. The minimum atomic E-state index is -0.525. The first-order valence-corrected chi connectivity index (χ1v) is 7.24. The van der Waals surface area contributed by atoms with Crippen molar-refractivity contribution in [3.8, 4) is 5.75 Å². The van der Waals surface area contributed by atoms with E-state index in [1.165, 1.54) is 6.07 Å². The molecule has 1 unspecified atom stereocenters. The van der Waals surface area contributed by atoms with Crippen LogP contribution in [0, 0.1) is 5.82 Å². The summed E-state index contributed by atoms with van der Waals surface area (Å²) in [6.07, 6.45) is 0.0871. The SMILES string of the molecule is CC(C)Oc1cccc(C(N)c2cc(Br)ccc2F)c1. The molecule has 0 heterocycles. The molecule has 0 amide bonds. The topological polar surface area (TPSA) is 35.2 Å². The molecule has 0 saturated carbocycles. The fraction of sp³-hybridized carbons (Fsp3) is 0.250. The van der Waals surface area contributed by atoms with Gasteiger partial charge in [0.05, 0.1) is 12.1 Å². The quantitative estimate of drug-likeness (QED) is 0.895. The van der Waals surface area contributed by atoms with Crippen LogP contribution in [-0.4, -0.2) is 6.10 Å². The van der Waals surface area contributed by atoms with Crippen LogP contribution in [0.15, 0.2) is 46.9 Å². The predicted octanol–water partition coefficient (Wildman–Crippen LogP) is 4.42. The van der Waals surface area contributed by atoms with E-state index in [0.29, 0.717) is 5.56 Å². The summed E-state index contributed by atoms with van der Waals surface area (Å²) in [6.45, 7) is 3.92. The molecule has 2 aromatic rings. The van der Waals surface area contributed by atoms with E-state index in [1.54, 1.807) is 12.1 Å². The van der Waals surface area contributed by atoms with Gasteiger partial charge in [-0.3, -0.25) is 0 Å². The zero-order valence-electron chi connectivity index (χ0n) is 11.4. The van der Waals surface area contributed by atoms with Crippen molar-refractivity contribution in [2.45, 2.75) is 26.0 Å². The van der Waals surface area contributed by atoms with Crippen molar-refractivity contribution in [2.24, 2.45) is 5.73 Å². The maximum absolute atomic E-state index is 13.9. The smallest absolute Gasteiger partial charge is 0.128 e. The van der Waals surface area contributed by atoms with Crippen molar-refractivity contribution in [3.63, 3.8) is 0 Å². The first-order chi connectivity index (χ1) is 9.47. The van der Waals surface area contributed by atoms with Gasteiger partial charge in [0.2, 0.25) is 0 Å². The van der Waals surface area contributed by atoms with Crippen molar-refractivity contribution in [2.75, 3.05) is 0 Å². The summed E-state index contributed by atoms with van der Waals surface area (Å²) in [7, 11) is 0. The molecule has 0 radical (unpaired) electrons. The summed E-state index contributed by atoms with van der Waals surface area (Å²) in [5.74, 6) is 0.430. The number of hydrogen-bond donors (Lipinski definition) is 1. The predicted molar refractivity (Wildman–Crippen MR) is 82.3 cm³/mol. The summed E-state index contributed by atoms with van der Waals surface area (Å²) in [5, 5.41) is 0. The average molecular weight is 338 g/mol. The van der Waals surface area contributed by atoms with Crippen LogP contribution < -0.4 is 10.5 Å². The second-order valence-electron chi connectivity index (χ2n) is 4.88. The molecule has 0 saturated heterocycles. The summed E-state index contributed by atoms with van der Waals surface area (Å²) >= 11 is 3.34. The lowest BCUT2D eigenvalue weighted by Gasteiger charge is -2.16. The first-order valence-electron chi connectivity index (χ1n) is 6.44. The molecule has 1 atom stereocenters. The Morgan fingerprint density at radius 1 is 1.15 bits per heavy atom. The van der Waals surface area contributed by atoms with Gasteiger partial charge in [-0.05, 0) is 49.7 Å². The van der Waals surface area contributed by atoms with Crippen LogP contribution in [0.2, 0.25) is 0 Å². The highest BCUT2D eigenvalue weighted by molar-refractivity contribution is 9.10. The van der Waals surface area contributed by atoms with Crippen molar-refractivity contribution >= 4 is 15.9 Å². The van der Waals surface area contributed by atoms with E-state index in [4.69, 9.17) is 10.5 Å². The molecule has 2 N–H and O–H groups in total. The summed E-state index contributed by atoms with van der Waals surface area (Å²) in [4.78, 5) is 0. The Balaban J connectivity index is 2.33. The van der Waals surface area contributed by atoms with Gasteiger partial charge < -0.3 is 10.5 Å². The normalized spacial score (nSPS) is 12.5. The third kappa shape index (κ3) is 3.58. The van der Waals surface area contributed by atoms with Gasteiger partial charge >= 0.3 is 0 Å². The summed E-state index contributed by atoms with van der Waals surface area (Å²) in [6, 6.07) is 11.7. The molecule has 0 aliphatic rings. The standard InChI is InChI=1S/C16H17BrFNO/c1-10(2)20-13-5-3-4-11(8-13)16(19)14-9-12(17)6-7-15(14)18/h3-10,16H,19H2,1-2H3. The minimum absolute atomic E-state index is 0.0871. The fourth-order valence-electron chi connectivity index (χ4n) is 1.99. The summed E-state index contributed by atoms with van der Waals surface area (Å²) < 4.78 is 20.3. The Morgan fingerprint density at radius 3 is 2.60 bits per heavy atom. The van der Waals surface area contributed by atoms with E-state index >= 15 is 0 Å². The average Bonchev–Trinajstić information content (AvgIpc) is 2.40. The van der Waals surface area contributed by atoms with E-state index in [9.17, 15) is 4.39 Å². The van der Waals surface area contributed by atoms with Gasteiger partial charge in [0.1, 0.15) is 11.6 Å². The van der Waals surface area contributed by atoms with Gasteiger partial charge in [-0.2, -0.15) is 0 Å². The lowest BCUT2D eigenvalue weighted by Crippen LogP contribution is -2.14. The van der Waals surface area contributed by atoms with Crippen molar-refractivity contribution < 1.29 is 9.13 Å². The Hall–Kier alpha value is -1.39. The molecule has 2 rings (SSSR count). The fourth-order valence-corrected chi connectivity index (χ4v) is 2.36. The molecule has 0 aliphatic heterocycles. The Morgan fingerprint density at radius 2 is 1.90 bits per heavy atom. The van der Waals surface area contributed by atoms with Crippen LogP contribution in [0.4, 0.5) is 4.39 Å². The number of hydrogen-bond acceptors (Lipinski definition) is 2. The number of benzene rings is 2. The summed E-state index contributed by atoms with van der Waals surface area (Å²) in [5.41, 5.74) is 7.45. The molecule has 2 nitrogen and oxygen atoms in total. The minimum Gasteiger partial charge on any atom is -0.491 e. The molecular formula is C16H17BrFNO. The van der Waals surface area contributed by atoms with Gasteiger partial charge in [0.25, 0.3) is 0 Å². The number of halogens is 2. The highest BCUT2D eigenvalue weighted by Gasteiger charge is 2.15. The maximum Gasteiger partial charge on any atom is 0.128 e. The van der Waals surface area contributed by atoms with E-state index in [-0.39, 0.29) is 11.9 Å². The van der Waals surface area contributed by atoms with E-state index < -0.39 is 6.04 Å². The maximum atomic E-state index is 13.9. The van der Waals surface area contributed by atoms with Crippen LogP contribution in [-0.2, 0) is 0 Å². The second-order valence-corrected chi connectivity index (χ2v) is 5.80. The zero-order valence-corrected chi connectivity index (χ0v) is 13.0. The third-order valence-corrected chi connectivity index (χ3v) is 3.38. The van der Waals surface area contributed by atoms with Crippen molar-refractivity contribution in [1.29, 1.82) is 0 Å². The van der Waals surface area contributed by atoms with Gasteiger partial charge in [-0.15, -0.1) is 0 Å². The number of ether oxygens (including phenoxy) is 1. The highest BCUT2D eigenvalue weighted by atomic mass is 79.9. The first kappa shape index (κ1) is 15.0. The van der Waals surface area contributed by atoms with Crippen LogP contribution in [0.1, 0.15) is 31.0 Å². The molecule has 0 aromatic heterocycles. The number of nitrogens with two attached hydrogens (primary N) is 1. The van der Waals surface area contributed by atoms with Crippen LogP contribution in [0.25, 0.3) is 0 Å². The third-order valence-electron chi connectivity index (χ3n) is 2.88. The Labute approximate surface area is 126 Å². The van der Waals surface area contributed by atoms with Gasteiger partial charge in [0, 0.05) is 10.0 Å². The highest BCUT2D eigenvalue weighted by Crippen LogP contribution is 2.27. The molecule has 0 aliphatic carbocycles. The van der Waals surface area contributed by atoms with Crippen LogP contribution in [0.5, 0.6) is 5.75 Å². The van der Waals surface area contributed by atoms with E-state index in [0.717, 1.165) is 15.8 Å². The van der Waals surface area contributed by atoms with Crippen molar-refractivity contribution in [3.05, 3.63) is 63.9 Å². The molecule has 20 heavy (non-hydrogen) atoms. The monoisotopic (exact) mass is 337 g/mol. The Bertz CT molecular complexity index is 601. The molecule has 0 bridgehead atoms.